The molecule has 23 heavy (non-hydrogen) atoms. The fraction of sp³-hybridized carbons (Fsp3) is 0.588. The van der Waals surface area contributed by atoms with Gasteiger partial charge in [-0.3, -0.25) is 4.57 Å². The smallest absolute Gasteiger partial charge is 0.407 e. The second-order valence-electron chi connectivity index (χ2n) is 6.32. The molecule has 0 saturated heterocycles. The molecule has 1 aromatic rings. The molecular formula is C17H28NO4P. The zero-order valence-corrected chi connectivity index (χ0v) is 15.3. The fourth-order valence-electron chi connectivity index (χ4n) is 1.84. The van der Waals surface area contributed by atoms with Crippen molar-refractivity contribution in [3.63, 3.8) is 0 Å². The van der Waals surface area contributed by atoms with Gasteiger partial charge in [0.05, 0.1) is 6.61 Å². The number of alkyl carbamates (subject to hydrolysis) is 1. The second-order valence-corrected chi connectivity index (χ2v) is 9.06. The Morgan fingerprint density at radius 2 is 1.87 bits per heavy atom. The van der Waals surface area contributed by atoms with Gasteiger partial charge in [0.1, 0.15) is 6.61 Å². The molecule has 2 atom stereocenters. The number of nitrogens with one attached hydrogen (secondary N) is 1. The summed E-state index contributed by atoms with van der Waals surface area (Å²) >= 11 is 0. The van der Waals surface area contributed by atoms with E-state index in [-0.39, 0.29) is 12.6 Å². The topological polar surface area (TPSA) is 64.6 Å². The molecule has 0 heterocycles. The van der Waals surface area contributed by atoms with Crippen LogP contribution in [0.1, 0.15) is 32.8 Å². The molecule has 1 unspecified atom stereocenters. The number of carbonyl (C=O) groups excluding carboxylic acids is 1. The van der Waals surface area contributed by atoms with Crippen LogP contribution in [0.3, 0.4) is 0 Å². The predicted octanol–water partition coefficient (Wildman–Crippen LogP) is 4.27. The molecule has 0 bridgehead atoms. The first kappa shape index (κ1) is 19.7. The highest BCUT2D eigenvalue weighted by atomic mass is 31.2. The number of hydrogen-bond donors (Lipinski definition) is 1. The molecule has 0 spiro atoms. The molecular weight excluding hydrogens is 313 g/mol. The summed E-state index contributed by atoms with van der Waals surface area (Å²) in [5, 5.41) is 2.75. The monoisotopic (exact) mass is 341 g/mol. The van der Waals surface area contributed by atoms with Crippen molar-refractivity contribution in [1.29, 1.82) is 0 Å². The van der Waals surface area contributed by atoms with Gasteiger partial charge in [0, 0.05) is 18.9 Å². The predicted molar refractivity (Wildman–Crippen MR) is 93.0 cm³/mol. The van der Waals surface area contributed by atoms with Gasteiger partial charge < -0.3 is 14.6 Å². The summed E-state index contributed by atoms with van der Waals surface area (Å²) in [6.07, 6.45) is 0.571. The lowest BCUT2D eigenvalue weighted by atomic mass is 10.2. The molecule has 1 aromatic carbocycles. The molecule has 0 aliphatic heterocycles. The van der Waals surface area contributed by atoms with E-state index in [1.165, 1.54) is 0 Å². The Hall–Kier alpha value is -1.32. The van der Waals surface area contributed by atoms with Gasteiger partial charge in [-0.2, -0.15) is 0 Å². The summed E-state index contributed by atoms with van der Waals surface area (Å²) in [7, 11) is -2.60. The first-order chi connectivity index (χ1) is 10.8. The van der Waals surface area contributed by atoms with Gasteiger partial charge in [-0.05, 0) is 24.8 Å². The van der Waals surface area contributed by atoms with Crippen molar-refractivity contribution in [2.24, 2.45) is 5.92 Å². The standard InChI is InChI=1S/C17H28NO4P/c1-14(2)12-22-23(4,20)11-10-15(3)18-17(19)21-13-16-8-6-5-7-9-16/h5-9,14-15H,10-13H2,1-4H3,(H,18,19)/t15-,23?/m1/s1. The summed E-state index contributed by atoms with van der Waals surface area (Å²) in [4.78, 5) is 11.7. The molecule has 130 valence electrons. The van der Waals surface area contributed by atoms with Crippen LogP contribution in [0.5, 0.6) is 0 Å². The summed E-state index contributed by atoms with van der Waals surface area (Å²) < 4.78 is 22.9. The van der Waals surface area contributed by atoms with E-state index in [4.69, 9.17) is 9.26 Å². The Bertz CT molecular complexity index is 519. The van der Waals surface area contributed by atoms with Gasteiger partial charge in [0.2, 0.25) is 0 Å². The number of carbonyl (C=O) groups is 1. The summed E-state index contributed by atoms with van der Waals surface area (Å²) in [5.74, 6) is 0.354. The van der Waals surface area contributed by atoms with Crippen LogP contribution >= 0.6 is 7.37 Å². The molecule has 6 heteroatoms. The minimum atomic E-state index is -2.60. The molecule has 0 aliphatic rings. The second kappa shape index (κ2) is 9.74. The van der Waals surface area contributed by atoms with Crippen molar-refractivity contribution in [3.8, 4) is 0 Å². The molecule has 0 aliphatic carbocycles. The third-order valence-electron chi connectivity index (χ3n) is 3.23. The third kappa shape index (κ3) is 9.42. The van der Waals surface area contributed by atoms with E-state index in [2.05, 4.69) is 5.32 Å². The van der Waals surface area contributed by atoms with Crippen molar-refractivity contribution in [3.05, 3.63) is 35.9 Å². The van der Waals surface area contributed by atoms with Crippen LogP contribution < -0.4 is 5.32 Å². The third-order valence-corrected chi connectivity index (χ3v) is 4.99. The van der Waals surface area contributed by atoms with Crippen LogP contribution in [0.25, 0.3) is 0 Å². The first-order valence-electron chi connectivity index (χ1n) is 7.97. The van der Waals surface area contributed by atoms with E-state index in [0.717, 1.165) is 5.56 Å². The Kier molecular flexibility index (Phi) is 8.35. The van der Waals surface area contributed by atoms with E-state index in [9.17, 15) is 9.36 Å². The summed E-state index contributed by atoms with van der Waals surface area (Å²) in [6.45, 7) is 8.29. The van der Waals surface area contributed by atoms with E-state index < -0.39 is 13.5 Å². The minimum Gasteiger partial charge on any atom is -0.445 e. The number of hydrogen-bond acceptors (Lipinski definition) is 4. The lowest BCUT2D eigenvalue weighted by Crippen LogP contribution is -2.33. The van der Waals surface area contributed by atoms with Crippen LogP contribution in [-0.2, 0) is 20.4 Å². The van der Waals surface area contributed by atoms with Gasteiger partial charge in [0.25, 0.3) is 0 Å². The van der Waals surface area contributed by atoms with Crippen molar-refractivity contribution in [1.82, 2.24) is 5.32 Å². The van der Waals surface area contributed by atoms with Crippen LogP contribution in [-0.4, -0.2) is 31.6 Å². The highest BCUT2D eigenvalue weighted by Crippen LogP contribution is 2.43. The van der Waals surface area contributed by atoms with Crippen LogP contribution in [0.4, 0.5) is 4.79 Å². The van der Waals surface area contributed by atoms with E-state index in [1.807, 2.05) is 51.1 Å². The lowest BCUT2D eigenvalue weighted by molar-refractivity contribution is 0.136. The van der Waals surface area contributed by atoms with E-state index >= 15 is 0 Å². The molecule has 0 radical (unpaired) electrons. The number of rotatable bonds is 9. The number of amides is 1. The first-order valence-corrected chi connectivity index (χ1v) is 10.2. The average Bonchev–Trinajstić information content (AvgIpc) is 2.50. The molecule has 1 amide bonds. The van der Waals surface area contributed by atoms with E-state index in [1.54, 1.807) is 6.66 Å². The maximum Gasteiger partial charge on any atom is 0.407 e. The summed E-state index contributed by atoms with van der Waals surface area (Å²) in [5.41, 5.74) is 0.940. The van der Waals surface area contributed by atoms with Crippen LogP contribution in [0.15, 0.2) is 30.3 Å². The highest BCUT2D eigenvalue weighted by Gasteiger charge is 2.19. The van der Waals surface area contributed by atoms with Gasteiger partial charge in [-0.25, -0.2) is 4.79 Å². The Labute approximate surface area is 139 Å². The lowest BCUT2D eigenvalue weighted by Gasteiger charge is -2.18. The number of benzene rings is 1. The fourth-order valence-corrected chi connectivity index (χ4v) is 3.44. The van der Waals surface area contributed by atoms with Gasteiger partial charge in [-0.1, -0.05) is 44.2 Å². The van der Waals surface area contributed by atoms with Gasteiger partial charge >= 0.3 is 6.09 Å². The number of ether oxygens (including phenoxy) is 1. The molecule has 5 nitrogen and oxygen atoms in total. The van der Waals surface area contributed by atoms with Gasteiger partial charge in [-0.15, -0.1) is 0 Å². The Morgan fingerprint density at radius 1 is 1.22 bits per heavy atom. The van der Waals surface area contributed by atoms with Gasteiger partial charge in [0.15, 0.2) is 7.37 Å². The highest BCUT2D eigenvalue weighted by molar-refractivity contribution is 7.58. The largest absolute Gasteiger partial charge is 0.445 e. The van der Waals surface area contributed by atoms with E-state index in [0.29, 0.717) is 25.1 Å². The molecule has 0 aromatic heterocycles. The Balaban J connectivity index is 2.26. The molecule has 1 rings (SSSR count). The molecule has 1 N–H and O–H groups in total. The van der Waals surface area contributed by atoms with Crippen molar-refractivity contribution in [2.45, 2.75) is 39.8 Å². The average molecular weight is 341 g/mol. The molecule has 0 saturated carbocycles. The minimum absolute atomic E-state index is 0.116. The summed E-state index contributed by atoms with van der Waals surface area (Å²) in [6, 6.07) is 9.39. The SMILES string of the molecule is CC(C)COP(C)(=O)CC[C@@H](C)NC(=O)OCc1ccccc1. The Morgan fingerprint density at radius 3 is 2.48 bits per heavy atom. The van der Waals surface area contributed by atoms with Crippen LogP contribution in [0.2, 0.25) is 0 Å². The van der Waals surface area contributed by atoms with Crippen molar-refractivity contribution < 1.29 is 18.6 Å². The van der Waals surface area contributed by atoms with Crippen LogP contribution in [0, 0.1) is 5.92 Å². The van der Waals surface area contributed by atoms with Crippen molar-refractivity contribution in [2.75, 3.05) is 19.4 Å². The zero-order valence-electron chi connectivity index (χ0n) is 14.5. The maximum atomic E-state index is 12.3. The molecule has 0 fully saturated rings. The quantitative estimate of drug-likeness (QED) is 0.681. The maximum absolute atomic E-state index is 12.3. The van der Waals surface area contributed by atoms with Crippen molar-refractivity contribution >= 4 is 13.5 Å². The normalized spacial score (nSPS) is 15.0. The zero-order chi connectivity index (χ0) is 17.3.